The summed E-state index contributed by atoms with van der Waals surface area (Å²) in [6.07, 6.45) is 9.16. The van der Waals surface area contributed by atoms with Crippen LogP contribution in [0, 0.1) is 6.92 Å². The quantitative estimate of drug-likeness (QED) is 0.845. The van der Waals surface area contributed by atoms with Crippen molar-refractivity contribution in [3.63, 3.8) is 0 Å². The van der Waals surface area contributed by atoms with Crippen LogP contribution in [0.3, 0.4) is 0 Å². The monoisotopic (exact) mass is 231 g/mol. The second-order valence-corrected chi connectivity index (χ2v) is 5.54. The molecule has 0 radical (unpaired) electrons. The average molecular weight is 231 g/mol. The number of pyridine rings is 1. The van der Waals surface area contributed by atoms with Crippen LogP contribution in [0.25, 0.3) is 0 Å². The number of fused-ring (bicyclic) bond motifs is 2. The summed E-state index contributed by atoms with van der Waals surface area (Å²) < 4.78 is 0. The van der Waals surface area contributed by atoms with Crippen molar-refractivity contribution in [3.05, 3.63) is 24.0 Å². The van der Waals surface area contributed by atoms with E-state index in [9.17, 15) is 0 Å². The highest BCUT2D eigenvalue weighted by Crippen LogP contribution is 2.32. The molecule has 0 aliphatic carbocycles. The molecule has 3 heterocycles. The molecule has 0 aromatic carbocycles. The van der Waals surface area contributed by atoms with Crippen LogP contribution in [0.4, 0.5) is 5.69 Å². The fourth-order valence-corrected chi connectivity index (χ4v) is 3.40. The van der Waals surface area contributed by atoms with Gasteiger partial charge in [-0.3, -0.25) is 4.98 Å². The Kier molecular flexibility index (Phi) is 2.79. The number of aromatic nitrogens is 1. The van der Waals surface area contributed by atoms with Crippen molar-refractivity contribution in [2.45, 2.75) is 50.7 Å². The van der Waals surface area contributed by atoms with E-state index in [1.807, 2.05) is 12.4 Å². The molecule has 92 valence electrons. The third-order valence-electron chi connectivity index (χ3n) is 4.37. The maximum absolute atomic E-state index is 4.18. The normalized spacial score (nSPS) is 31.5. The Morgan fingerprint density at radius 2 is 2.00 bits per heavy atom. The van der Waals surface area contributed by atoms with E-state index >= 15 is 0 Å². The Morgan fingerprint density at radius 3 is 2.65 bits per heavy atom. The van der Waals surface area contributed by atoms with E-state index in [4.69, 9.17) is 0 Å². The number of hydrogen-bond acceptors (Lipinski definition) is 3. The van der Waals surface area contributed by atoms with Crippen LogP contribution in [0.1, 0.15) is 31.2 Å². The Balaban J connectivity index is 1.78. The molecule has 2 aliphatic rings. The number of piperidine rings is 1. The van der Waals surface area contributed by atoms with Gasteiger partial charge in [0.15, 0.2) is 0 Å². The highest BCUT2D eigenvalue weighted by atomic mass is 15.2. The summed E-state index contributed by atoms with van der Waals surface area (Å²) in [5.41, 5.74) is 2.62. The topological polar surface area (TPSA) is 28.2 Å². The SMILES string of the molecule is Cc1cnccc1N(C)C1CC2CCC(C1)N2. The molecule has 2 bridgehead atoms. The van der Waals surface area contributed by atoms with Crippen molar-refractivity contribution in [2.24, 2.45) is 0 Å². The molecule has 3 heteroatoms. The van der Waals surface area contributed by atoms with Gasteiger partial charge in [-0.15, -0.1) is 0 Å². The number of aryl methyl sites for hydroxylation is 1. The summed E-state index contributed by atoms with van der Waals surface area (Å²) in [6, 6.07) is 4.33. The van der Waals surface area contributed by atoms with Gasteiger partial charge in [0.25, 0.3) is 0 Å². The van der Waals surface area contributed by atoms with Crippen LogP contribution in [0.15, 0.2) is 18.5 Å². The van der Waals surface area contributed by atoms with Crippen molar-refractivity contribution >= 4 is 5.69 Å². The summed E-state index contributed by atoms with van der Waals surface area (Å²) in [5, 5.41) is 3.70. The van der Waals surface area contributed by atoms with Crippen LogP contribution in [0.2, 0.25) is 0 Å². The molecule has 0 spiro atoms. The predicted molar refractivity (Wildman–Crippen MR) is 70.3 cm³/mol. The maximum atomic E-state index is 4.18. The van der Waals surface area contributed by atoms with E-state index < -0.39 is 0 Å². The van der Waals surface area contributed by atoms with Gasteiger partial charge in [0.2, 0.25) is 0 Å². The van der Waals surface area contributed by atoms with Gasteiger partial charge in [0.05, 0.1) is 0 Å². The molecule has 0 saturated carbocycles. The molecule has 3 rings (SSSR count). The Hall–Kier alpha value is -1.09. The van der Waals surface area contributed by atoms with E-state index in [-0.39, 0.29) is 0 Å². The molecule has 2 saturated heterocycles. The largest absolute Gasteiger partial charge is 0.371 e. The smallest absolute Gasteiger partial charge is 0.0426 e. The fourth-order valence-electron chi connectivity index (χ4n) is 3.40. The van der Waals surface area contributed by atoms with Crippen molar-refractivity contribution in [3.8, 4) is 0 Å². The first-order valence-corrected chi connectivity index (χ1v) is 6.63. The highest BCUT2D eigenvalue weighted by molar-refractivity contribution is 5.51. The van der Waals surface area contributed by atoms with Crippen molar-refractivity contribution < 1.29 is 0 Å². The highest BCUT2D eigenvalue weighted by Gasteiger charge is 2.35. The van der Waals surface area contributed by atoms with Gasteiger partial charge in [-0.2, -0.15) is 0 Å². The molecule has 1 N–H and O–H groups in total. The summed E-state index contributed by atoms with van der Waals surface area (Å²) in [6.45, 7) is 2.15. The lowest BCUT2D eigenvalue weighted by molar-refractivity contribution is 0.354. The molecule has 3 nitrogen and oxygen atoms in total. The number of nitrogens with zero attached hydrogens (tertiary/aromatic N) is 2. The number of anilines is 1. The Labute approximate surface area is 103 Å². The molecule has 1 aromatic rings. The number of rotatable bonds is 2. The molecule has 0 amide bonds. The van der Waals surface area contributed by atoms with Crippen LogP contribution in [0.5, 0.6) is 0 Å². The van der Waals surface area contributed by atoms with Crippen molar-refractivity contribution in [1.29, 1.82) is 0 Å². The zero-order valence-corrected chi connectivity index (χ0v) is 10.7. The van der Waals surface area contributed by atoms with Gasteiger partial charge in [-0.25, -0.2) is 0 Å². The molecule has 1 aromatic heterocycles. The lowest BCUT2D eigenvalue weighted by Crippen LogP contribution is -2.47. The average Bonchev–Trinajstić information content (AvgIpc) is 2.68. The minimum absolute atomic E-state index is 0.690. The predicted octanol–water partition coefficient (Wildman–Crippen LogP) is 2.11. The summed E-state index contributed by atoms with van der Waals surface area (Å²) in [4.78, 5) is 6.64. The van der Waals surface area contributed by atoms with E-state index in [1.165, 1.54) is 36.9 Å². The van der Waals surface area contributed by atoms with E-state index in [2.05, 4.69) is 35.2 Å². The Bertz CT molecular complexity index is 392. The summed E-state index contributed by atoms with van der Waals surface area (Å²) in [5.74, 6) is 0. The molecular formula is C14H21N3. The summed E-state index contributed by atoms with van der Waals surface area (Å²) >= 11 is 0. The minimum atomic E-state index is 0.690. The first-order valence-electron chi connectivity index (χ1n) is 6.63. The van der Waals surface area contributed by atoms with E-state index in [0.29, 0.717) is 6.04 Å². The van der Waals surface area contributed by atoms with Gasteiger partial charge in [-0.1, -0.05) is 0 Å². The Morgan fingerprint density at radius 1 is 1.29 bits per heavy atom. The van der Waals surface area contributed by atoms with Crippen molar-refractivity contribution in [2.75, 3.05) is 11.9 Å². The van der Waals surface area contributed by atoms with Gasteiger partial charge in [0, 0.05) is 43.3 Å². The van der Waals surface area contributed by atoms with E-state index in [1.54, 1.807) is 0 Å². The fraction of sp³-hybridized carbons (Fsp3) is 0.643. The summed E-state index contributed by atoms with van der Waals surface area (Å²) in [7, 11) is 2.23. The molecule has 2 aliphatic heterocycles. The lowest BCUT2D eigenvalue weighted by Gasteiger charge is -2.37. The number of nitrogens with one attached hydrogen (secondary N) is 1. The van der Waals surface area contributed by atoms with Crippen LogP contribution in [-0.2, 0) is 0 Å². The second kappa shape index (κ2) is 4.30. The molecule has 2 unspecified atom stereocenters. The minimum Gasteiger partial charge on any atom is -0.371 e. The molecule has 2 atom stereocenters. The molecular weight excluding hydrogens is 210 g/mol. The third-order valence-corrected chi connectivity index (χ3v) is 4.37. The zero-order chi connectivity index (χ0) is 11.8. The number of hydrogen-bond donors (Lipinski definition) is 1. The van der Waals surface area contributed by atoms with Gasteiger partial charge in [0.1, 0.15) is 0 Å². The first-order chi connectivity index (χ1) is 8.24. The third kappa shape index (κ3) is 2.04. The van der Waals surface area contributed by atoms with Crippen LogP contribution >= 0.6 is 0 Å². The molecule has 17 heavy (non-hydrogen) atoms. The zero-order valence-electron chi connectivity index (χ0n) is 10.7. The lowest BCUT2D eigenvalue weighted by atomic mass is 9.98. The van der Waals surface area contributed by atoms with E-state index in [0.717, 1.165) is 12.1 Å². The van der Waals surface area contributed by atoms with Crippen molar-refractivity contribution in [1.82, 2.24) is 10.3 Å². The van der Waals surface area contributed by atoms with Gasteiger partial charge >= 0.3 is 0 Å². The van der Waals surface area contributed by atoms with Crippen LogP contribution < -0.4 is 10.2 Å². The second-order valence-electron chi connectivity index (χ2n) is 5.54. The maximum Gasteiger partial charge on any atom is 0.0426 e. The van der Waals surface area contributed by atoms with Crippen LogP contribution in [-0.4, -0.2) is 30.2 Å². The van der Waals surface area contributed by atoms with Gasteiger partial charge in [-0.05, 0) is 44.2 Å². The van der Waals surface area contributed by atoms with Gasteiger partial charge < -0.3 is 10.2 Å². The first kappa shape index (κ1) is 11.0. The standard InChI is InChI=1S/C14H21N3/c1-10-9-15-6-5-14(10)17(2)13-7-11-3-4-12(8-13)16-11/h5-6,9,11-13,16H,3-4,7-8H2,1-2H3. The molecule has 2 fully saturated rings.